The lowest BCUT2D eigenvalue weighted by atomic mass is 9.82. The summed E-state index contributed by atoms with van der Waals surface area (Å²) in [6, 6.07) is 5.28. The molecule has 1 atom stereocenters. The highest BCUT2D eigenvalue weighted by Gasteiger charge is 2.46. The molecule has 1 saturated heterocycles. The number of aliphatic carboxylic acids is 1. The molecule has 1 unspecified atom stereocenters. The zero-order chi connectivity index (χ0) is 27.2. The maximum atomic E-state index is 13.9. The monoisotopic (exact) mass is 548 g/mol. The molecular weight excluding hydrogens is 516 g/mol. The van der Waals surface area contributed by atoms with E-state index in [1.807, 2.05) is 20.8 Å². The van der Waals surface area contributed by atoms with Crippen LogP contribution in [0.3, 0.4) is 0 Å². The van der Waals surface area contributed by atoms with Gasteiger partial charge in [0.2, 0.25) is 6.79 Å². The number of carboxylic acid groups (broad SMARTS) is 1. The van der Waals surface area contributed by atoms with Crippen molar-refractivity contribution in [2.45, 2.75) is 69.5 Å². The molecule has 2 aromatic rings. The van der Waals surface area contributed by atoms with Crippen molar-refractivity contribution in [3.63, 3.8) is 0 Å². The number of rotatable bonds is 5. The first kappa shape index (κ1) is 26.3. The van der Waals surface area contributed by atoms with E-state index in [-0.39, 0.29) is 19.1 Å². The number of aromatic nitrogens is 3. The van der Waals surface area contributed by atoms with Crippen molar-refractivity contribution in [1.82, 2.24) is 18.8 Å². The second-order valence-electron chi connectivity index (χ2n) is 10.9. The van der Waals surface area contributed by atoms with Gasteiger partial charge in [0.05, 0.1) is 17.8 Å². The molecule has 1 spiro atoms. The van der Waals surface area contributed by atoms with Crippen molar-refractivity contribution < 1.29 is 28.9 Å². The van der Waals surface area contributed by atoms with Gasteiger partial charge in [-0.15, -0.1) is 11.8 Å². The summed E-state index contributed by atoms with van der Waals surface area (Å²) in [6.07, 6.45) is 1.70. The molecule has 4 heterocycles. The molecule has 0 saturated carbocycles. The van der Waals surface area contributed by atoms with Crippen molar-refractivity contribution in [2.24, 2.45) is 0 Å². The van der Waals surface area contributed by atoms with E-state index in [9.17, 15) is 24.3 Å². The number of likely N-dealkylation sites (tertiary alicyclic amines) is 1. The van der Waals surface area contributed by atoms with Gasteiger partial charge in [-0.25, -0.2) is 28.3 Å². The lowest BCUT2D eigenvalue weighted by molar-refractivity contribution is -0.133. The number of thioether (sulfide) groups is 1. The molecule has 206 valence electrons. The Kier molecular flexibility index (Phi) is 6.74. The van der Waals surface area contributed by atoms with Crippen molar-refractivity contribution >= 4 is 23.8 Å². The molecule has 1 N–H and O–H groups in total. The molecule has 12 nitrogen and oxygen atoms in total. The van der Waals surface area contributed by atoms with Crippen molar-refractivity contribution in [3.05, 3.63) is 44.7 Å². The predicted molar refractivity (Wildman–Crippen MR) is 138 cm³/mol. The third-order valence-electron chi connectivity index (χ3n) is 7.16. The number of nitrogens with zero attached hydrogens (tertiary/aromatic N) is 4. The number of amides is 1. The summed E-state index contributed by atoms with van der Waals surface area (Å²) in [6.45, 7) is 6.37. The highest BCUT2D eigenvalue weighted by atomic mass is 32.2. The minimum Gasteiger partial charge on any atom is -0.481 e. The Morgan fingerprint density at radius 2 is 1.82 bits per heavy atom. The first-order chi connectivity index (χ1) is 18.0. The van der Waals surface area contributed by atoms with Crippen LogP contribution in [0.25, 0.3) is 0 Å². The van der Waals surface area contributed by atoms with Gasteiger partial charge in [0, 0.05) is 13.1 Å². The van der Waals surface area contributed by atoms with E-state index in [2.05, 4.69) is 0 Å². The molecule has 1 amide bonds. The summed E-state index contributed by atoms with van der Waals surface area (Å²) in [4.78, 5) is 53.1. The third kappa shape index (κ3) is 4.91. The van der Waals surface area contributed by atoms with Gasteiger partial charge in [-0.3, -0.25) is 4.79 Å². The summed E-state index contributed by atoms with van der Waals surface area (Å²) in [7, 11) is 0. The number of fused-ring (bicyclic) bond motifs is 3. The zero-order valence-corrected chi connectivity index (χ0v) is 22.5. The SMILES string of the molecule is CC(C)(C)OC(=O)N1CCC2(CCC(SCC(=O)O)n3c(=O)n(Cc4ccc5c(c4)OCO5)c(=O)n32)CC1. The van der Waals surface area contributed by atoms with Gasteiger partial charge < -0.3 is 24.2 Å². The molecule has 5 rings (SSSR count). The summed E-state index contributed by atoms with van der Waals surface area (Å²) >= 11 is 1.14. The molecule has 1 fully saturated rings. The number of hydrogen-bond donors (Lipinski definition) is 1. The predicted octanol–water partition coefficient (Wildman–Crippen LogP) is 2.42. The van der Waals surface area contributed by atoms with Crippen LogP contribution in [-0.4, -0.2) is 67.2 Å². The Morgan fingerprint density at radius 1 is 1.11 bits per heavy atom. The van der Waals surface area contributed by atoms with Crippen molar-refractivity contribution in [3.8, 4) is 11.5 Å². The van der Waals surface area contributed by atoms with Crippen LogP contribution in [0.5, 0.6) is 11.5 Å². The van der Waals surface area contributed by atoms with E-state index >= 15 is 0 Å². The maximum Gasteiger partial charge on any atom is 0.410 e. The number of hydrogen-bond acceptors (Lipinski definition) is 8. The topological polar surface area (TPSA) is 134 Å². The summed E-state index contributed by atoms with van der Waals surface area (Å²) < 4.78 is 20.5. The molecule has 3 aliphatic rings. The summed E-state index contributed by atoms with van der Waals surface area (Å²) in [5, 5.41) is 8.76. The number of carbonyl (C=O) groups is 2. The molecule has 0 radical (unpaired) electrons. The average molecular weight is 549 g/mol. The number of benzene rings is 1. The number of carboxylic acids is 1. The Morgan fingerprint density at radius 3 is 2.50 bits per heavy atom. The first-order valence-corrected chi connectivity index (χ1v) is 13.7. The second-order valence-corrected chi connectivity index (χ2v) is 12.1. The minimum absolute atomic E-state index is 0.0394. The number of carbonyl (C=O) groups excluding carboxylic acids is 1. The van der Waals surface area contributed by atoms with E-state index in [1.54, 1.807) is 23.1 Å². The third-order valence-corrected chi connectivity index (χ3v) is 8.39. The fourth-order valence-electron chi connectivity index (χ4n) is 5.37. The summed E-state index contributed by atoms with van der Waals surface area (Å²) in [5.41, 5.74) is -1.49. The van der Waals surface area contributed by atoms with Gasteiger partial charge in [-0.1, -0.05) is 6.07 Å². The van der Waals surface area contributed by atoms with Crippen LogP contribution >= 0.6 is 11.8 Å². The fraction of sp³-hybridized carbons (Fsp3) is 0.600. The second kappa shape index (κ2) is 9.75. The van der Waals surface area contributed by atoms with Crippen LogP contribution in [0.1, 0.15) is 57.4 Å². The van der Waals surface area contributed by atoms with E-state index in [1.165, 1.54) is 13.9 Å². The molecule has 3 aliphatic heterocycles. The summed E-state index contributed by atoms with van der Waals surface area (Å²) in [5.74, 6) is -0.00376. The zero-order valence-electron chi connectivity index (χ0n) is 21.7. The van der Waals surface area contributed by atoms with Crippen LogP contribution in [0.2, 0.25) is 0 Å². The van der Waals surface area contributed by atoms with Gasteiger partial charge >= 0.3 is 23.4 Å². The quantitative estimate of drug-likeness (QED) is 0.598. The molecule has 0 bridgehead atoms. The molecule has 1 aromatic heterocycles. The van der Waals surface area contributed by atoms with Crippen LogP contribution in [0.15, 0.2) is 27.8 Å². The van der Waals surface area contributed by atoms with E-state index in [0.29, 0.717) is 55.8 Å². The first-order valence-electron chi connectivity index (χ1n) is 12.6. The van der Waals surface area contributed by atoms with Gasteiger partial charge in [-0.05, 0) is 64.2 Å². The lowest BCUT2D eigenvalue weighted by Gasteiger charge is -2.46. The Bertz CT molecular complexity index is 1360. The highest BCUT2D eigenvalue weighted by molar-refractivity contribution is 7.99. The van der Waals surface area contributed by atoms with Gasteiger partial charge in [-0.2, -0.15) is 0 Å². The molecule has 1 aromatic carbocycles. The standard InChI is InChI=1S/C25H32N4O8S/c1-24(2,3)37-23(34)26-10-8-25(9-11-26)7-6-19(38-14-20(30)31)28-21(32)27(22(33)29(25)28)13-16-4-5-17-18(12-16)36-15-35-17/h4-5,12,19H,6-11,13-15H2,1-3H3,(H,30,31). The average Bonchev–Trinajstić information content (AvgIpc) is 3.42. The van der Waals surface area contributed by atoms with Crippen LogP contribution in [-0.2, 0) is 21.6 Å². The Balaban J connectivity index is 1.48. The fourth-order valence-corrected chi connectivity index (χ4v) is 6.32. The van der Waals surface area contributed by atoms with Gasteiger partial charge in [0.25, 0.3) is 0 Å². The number of ether oxygens (including phenoxy) is 3. The van der Waals surface area contributed by atoms with Gasteiger partial charge in [0.15, 0.2) is 11.5 Å². The number of piperidine rings is 1. The molecule has 0 aliphatic carbocycles. The highest BCUT2D eigenvalue weighted by Crippen LogP contribution is 2.42. The molecular formula is C25H32N4O8S. The minimum atomic E-state index is -0.984. The van der Waals surface area contributed by atoms with Gasteiger partial charge in [0.1, 0.15) is 11.0 Å². The van der Waals surface area contributed by atoms with Crippen molar-refractivity contribution in [2.75, 3.05) is 25.6 Å². The smallest absolute Gasteiger partial charge is 0.410 e. The Labute approximate surface area is 223 Å². The molecule has 13 heteroatoms. The maximum absolute atomic E-state index is 13.9. The van der Waals surface area contributed by atoms with E-state index in [0.717, 1.165) is 11.8 Å². The van der Waals surface area contributed by atoms with Crippen LogP contribution < -0.4 is 20.9 Å². The van der Waals surface area contributed by atoms with E-state index in [4.69, 9.17) is 14.2 Å². The van der Waals surface area contributed by atoms with Crippen LogP contribution in [0, 0.1) is 0 Å². The van der Waals surface area contributed by atoms with Crippen LogP contribution in [0.4, 0.5) is 4.79 Å². The Hall–Kier alpha value is -3.35. The molecule has 38 heavy (non-hydrogen) atoms. The largest absolute Gasteiger partial charge is 0.481 e. The van der Waals surface area contributed by atoms with Crippen molar-refractivity contribution in [1.29, 1.82) is 0 Å². The lowest BCUT2D eigenvalue weighted by Crippen LogP contribution is -2.55. The van der Waals surface area contributed by atoms with E-state index < -0.39 is 40.0 Å². The normalized spacial score (nSPS) is 19.9.